The number of methoxy groups -OCH3 is 1. The number of urea groups is 1. The van der Waals surface area contributed by atoms with E-state index in [0.717, 1.165) is 30.6 Å². The molecule has 0 atom stereocenters. The Balaban J connectivity index is 1.57. The van der Waals surface area contributed by atoms with Crippen LogP contribution in [0.3, 0.4) is 0 Å². The fraction of sp³-hybridized carbons (Fsp3) is 0.619. The molecule has 2 aliphatic rings. The van der Waals surface area contributed by atoms with Gasteiger partial charge in [-0.1, -0.05) is 31.4 Å². The van der Waals surface area contributed by atoms with E-state index in [1.807, 2.05) is 24.3 Å². The number of esters is 1. The number of anilines is 1. The van der Waals surface area contributed by atoms with Crippen molar-refractivity contribution in [3.05, 3.63) is 29.8 Å². The Hall–Kier alpha value is -1.69. The van der Waals surface area contributed by atoms with Crippen molar-refractivity contribution < 1.29 is 14.3 Å². The highest BCUT2D eigenvalue weighted by Crippen LogP contribution is 2.33. The normalized spacial score (nSPS) is 17.4. The summed E-state index contributed by atoms with van der Waals surface area (Å²) >= 11 is 1.51. The van der Waals surface area contributed by atoms with Gasteiger partial charge in [0.25, 0.3) is 0 Å². The number of nitrogens with one attached hydrogen (secondary N) is 1. The van der Waals surface area contributed by atoms with Crippen molar-refractivity contribution in [1.82, 2.24) is 4.90 Å². The molecule has 0 spiro atoms. The van der Waals surface area contributed by atoms with E-state index in [0.29, 0.717) is 23.5 Å². The molecule has 0 heterocycles. The van der Waals surface area contributed by atoms with Gasteiger partial charge in [0, 0.05) is 24.0 Å². The highest BCUT2D eigenvalue weighted by Gasteiger charge is 2.31. The van der Waals surface area contributed by atoms with E-state index in [1.165, 1.54) is 51.0 Å². The molecule has 27 heavy (non-hydrogen) atoms. The van der Waals surface area contributed by atoms with Crippen LogP contribution in [-0.4, -0.2) is 42.3 Å². The van der Waals surface area contributed by atoms with E-state index < -0.39 is 0 Å². The summed E-state index contributed by atoms with van der Waals surface area (Å²) in [6.07, 6.45) is 8.51. The molecule has 3 rings (SSSR count). The number of thioether (sulfide) groups is 1. The van der Waals surface area contributed by atoms with Gasteiger partial charge in [-0.05, 0) is 49.3 Å². The largest absolute Gasteiger partial charge is 0.468 e. The lowest BCUT2D eigenvalue weighted by molar-refractivity contribution is -0.137. The summed E-state index contributed by atoms with van der Waals surface area (Å²) in [5.74, 6) is 1.53. The predicted octanol–water partition coefficient (Wildman–Crippen LogP) is 4.67. The number of hydrogen-bond donors (Lipinski definition) is 1. The third-order valence-corrected chi connectivity index (χ3v) is 6.30. The van der Waals surface area contributed by atoms with Gasteiger partial charge in [-0.2, -0.15) is 0 Å². The Morgan fingerprint density at radius 3 is 2.67 bits per heavy atom. The van der Waals surface area contributed by atoms with Crippen LogP contribution in [0, 0.1) is 5.92 Å². The lowest BCUT2D eigenvalue weighted by Crippen LogP contribution is -2.45. The van der Waals surface area contributed by atoms with Crippen molar-refractivity contribution in [3.63, 3.8) is 0 Å². The standard InChI is InChI=1S/C21H30N2O3S/c1-26-20(24)15-27-14-17-6-5-7-18(12-17)22-21(25)23(13-16-10-11-16)19-8-3-2-4-9-19/h5-7,12,16,19H,2-4,8-11,13-15H2,1H3,(H,22,25). The molecule has 2 fully saturated rings. The molecule has 1 aromatic rings. The zero-order chi connectivity index (χ0) is 19.1. The van der Waals surface area contributed by atoms with E-state index in [2.05, 4.69) is 15.0 Å². The number of carbonyl (C=O) groups is 2. The second kappa shape index (κ2) is 10.0. The molecular weight excluding hydrogens is 360 g/mol. The summed E-state index contributed by atoms with van der Waals surface area (Å²) in [7, 11) is 1.40. The second-order valence-electron chi connectivity index (χ2n) is 7.59. The van der Waals surface area contributed by atoms with Crippen molar-refractivity contribution in [3.8, 4) is 0 Å². The highest BCUT2D eigenvalue weighted by molar-refractivity contribution is 7.99. The SMILES string of the molecule is COC(=O)CSCc1cccc(NC(=O)N(CC2CC2)C2CCCCC2)c1. The van der Waals surface area contributed by atoms with Crippen LogP contribution in [0.5, 0.6) is 0 Å². The molecule has 6 heteroatoms. The van der Waals surface area contributed by atoms with Crippen molar-refractivity contribution in [2.75, 3.05) is 24.7 Å². The minimum Gasteiger partial charge on any atom is -0.468 e. The maximum absolute atomic E-state index is 13.0. The summed E-state index contributed by atoms with van der Waals surface area (Å²) in [5, 5.41) is 3.11. The van der Waals surface area contributed by atoms with E-state index in [1.54, 1.807) is 0 Å². The molecule has 5 nitrogen and oxygen atoms in total. The first-order valence-corrected chi connectivity index (χ1v) is 11.1. The van der Waals surface area contributed by atoms with E-state index >= 15 is 0 Å². The molecule has 1 N–H and O–H groups in total. The Bertz CT molecular complexity index is 642. The van der Waals surface area contributed by atoms with Crippen LogP contribution < -0.4 is 5.32 Å². The van der Waals surface area contributed by atoms with E-state index in [-0.39, 0.29) is 12.0 Å². The average molecular weight is 391 g/mol. The van der Waals surface area contributed by atoms with Crippen LogP contribution in [0.4, 0.5) is 10.5 Å². The Morgan fingerprint density at radius 1 is 1.19 bits per heavy atom. The number of amides is 2. The summed E-state index contributed by atoms with van der Waals surface area (Å²) in [4.78, 5) is 26.3. The van der Waals surface area contributed by atoms with Gasteiger partial charge in [-0.25, -0.2) is 4.79 Å². The molecule has 2 aliphatic carbocycles. The minimum absolute atomic E-state index is 0.0353. The Kier molecular flexibility index (Phi) is 7.44. The predicted molar refractivity (Wildman–Crippen MR) is 110 cm³/mol. The molecule has 2 amide bonds. The Labute approximate surface area is 166 Å². The molecule has 0 radical (unpaired) electrons. The number of benzene rings is 1. The van der Waals surface area contributed by atoms with Gasteiger partial charge in [0.1, 0.15) is 0 Å². The zero-order valence-corrected chi connectivity index (χ0v) is 16.9. The highest BCUT2D eigenvalue weighted by atomic mass is 32.2. The van der Waals surface area contributed by atoms with Gasteiger partial charge >= 0.3 is 12.0 Å². The van der Waals surface area contributed by atoms with Crippen LogP contribution in [0.1, 0.15) is 50.5 Å². The summed E-state index contributed by atoms with van der Waals surface area (Å²) < 4.78 is 4.66. The number of hydrogen-bond acceptors (Lipinski definition) is 4. The lowest BCUT2D eigenvalue weighted by atomic mass is 9.94. The monoisotopic (exact) mass is 390 g/mol. The number of carbonyl (C=O) groups excluding carboxylic acids is 2. The summed E-state index contributed by atoms with van der Waals surface area (Å²) in [6.45, 7) is 0.894. The van der Waals surface area contributed by atoms with E-state index in [4.69, 9.17) is 0 Å². The topological polar surface area (TPSA) is 58.6 Å². The quantitative estimate of drug-likeness (QED) is 0.655. The lowest BCUT2D eigenvalue weighted by Gasteiger charge is -2.34. The summed E-state index contributed by atoms with van der Waals surface area (Å²) in [6, 6.07) is 8.32. The van der Waals surface area contributed by atoms with Crippen LogP contribution in [-0.2, 0) is 15.3 Å². The zero-order valence-electron chi connectivity index (χ0n) is 16.1. The van der Waals surface area contributed by atoms with E-state index in [9.17, 15) is 9.59 Å². The van der Waals surface area contributed by atoms with Gasteiger partial charge in [0.05, 0.1) is 12.9 Å². The van der Waals surface area contributed by atoms with Crippen molar-refractivity contribution in [2.45, 2.75) is 56.7 Å². The second-order valence-corrected chi connectivity index (χ2v) is 8.57. The van der Waals surface area contributed by atoms with Crippen LogP contribution in [0.2, 0.25) is 0 Å². The first kappa shape index (κ1) is 20.1. The number of ether oxygens (including phenoxy) is 1. The van der Waals surface area contributed by atoms with Crippen molar-refractivity contribution in [2.24, 2.45) is 5.92 Å². The maximum atomic E-state index is 13.0. The number of rotatable bonds is 8. The summed E-state index contributed by atoms with van der Waals surface area (Å²) in [5.41, 5.74) is 1.92. The van der Waals surface area contributed by atoms with Gasteiger partial charge < -0.3 is 15.0 Å². The molecule has 1 aromatic carbocycles. The molecular formula is C21H30N2O3S. The Morgan fingerprint density at radius 2 is 1.96 bits per heavy atom. The third-order valence-electron chi connectivity index (χ3n) is 5.32. The fourth-order valence-electron chi connectivity index (χ4n) is 3.61. The van der Waals surface area contributed by atoms with Crippen molar-refractivity contribution >= 4 is 29.4 Å². The van der Waals surface area contributed by atoms with Crippen LogP contribution in [0.25, 0.3) is 0 Å². The smallest absolute Gasteiger partial charge is 0.322 e. The first-order chi connectivity index (χ1) is 13.2. The molecule has 0 unspecified atom stereocenters. The maximum Gasteiger partial charge on any atom is 0.322 e. The van der Waals surface area contributed by atoms with Crippen LogP contribution >= 0.6 is 11.8 Å². The molecule has 0 aliphatic heterocycles. The third kappa shape index (κ3) is 6.45. The molecule has 2 saturated carbocycles. The average Bonchev–Trinajstić information content (AvgIpc) is 3.51. The van der Waals surface area contributed by atoms with Gasteiger partial charge in [0.15, 0.2) is 0 Å². The fourth-order valence-corrected chi connectivity index (χ4v) is 4.42. The van der Waals surface area contributed by atoms with Crippen molar-refractivity contribution in [1.29, 1.82) is 0 Å². The number of nitrogens with zero attached hydrogens (tertiary/aromatic N) is 1. The van der Waals surface area contributed by atoms with Gasteiger partial charge in [0.2, 0.25) is 0 Å². The molecule has 0 saturated heterocycles. The molecule has 0 bridgehead atoms. The minimum atomic E-state index is -0.215. The van der Waals surface area contributed by atoms with Gasteiger partial charge in [-0.3, -0.25) is 4.79 Å². The van der Waals surface area contributed by atoms with Crippen LogP contribution in [0.15, 0.2) is 24.3 Å². The van der Waals surface area contributed by atoms with Gasteiger partial charge in [-0.15, -0.1) is 11.8 Å². The molecule has 0 aromatic heterocycles. The molecule has 148 valence electrons. The first-order valence-electron chi connectivity index (χ1n) is 9.97.